The van der Waals surface area contributed by atoms with Gasteiger partial charge in [-0.05, 0) is 0 Å². The average Bonchev–Trinajstić information content (AvgIpc) is 2.00. The van der Waals surface area contributed by atoms with Crippen LogP contribution in [0, 0.1) is 5.95 Å². The van der Waals surface area contributed by atoms with E-state index in [1.54, 1.807) is 0 Å². The molecule has 0 aliphatic carbocycles. The fraction of sp³-hybridized carbons (Fsp3) is 0.429. The summed E-state index contributed by atoms with van der Waals surface area (Å²) in [5, 5.41) is 2.78. The van der Waals surface area contributed by atoms with Gasteiger partial charge in [0.15, 0.2) is 9.84 Å². The van der Waals surface area contributed by atoms with E-state index >= 15 is 0 Å². The number of aromatic nitrogens is 2. The highest BCUT2D eigenvalue weighted by Gasteiger charge is 2.33. The molecule has 1 aromatic heterocycles. The van der Waals surface area contributed by atoms with Crippen LogP contribution in [-0.4, -0.2) is 35.9 Å². The third-order valence-corrected chi connectivity index (χ3v) is 3.69. The van der Waals surface area contributed by atoms with Crippen LogP contribution in [0.1, 0.15) is 0 Å². The predicted octanol–water partition coefficient (Wildman–Crippen LogP) is -0.175. The van der Waals surface area contributed by atoms with Crippen molar-refractivity contribution in [3.8, 4) is 0 Å². The summed E-state index contributed by atoms with van der Waals surface area (Å²) < 4.78 is 34.2. The molecule has 0 aromatic carbocycles. The van der Waals surface area contributed by atoms with Crippen LogP contribution < -0.4 is 5.32 Å². The van der Waals surface area contributed by atoms with E-state index in [0.29, 0.717) is 0 Å². The fourth-order valence-electron chi connectivity index (χ4n) is 1.27. The minimum atomic E-state index is -2.87. The van der Waals surface area contributed by atoms with Gasteiger partial charge in [0.05, 0.1) is 29.9 Å². The van der Waals surface area contributed by atoms with E-state index in [4.69, 9.17) is 0 Å². The quantitative estimate of drug-likeness (QED) is 0.744. The maximum atomic E-state index is 12.6. The molecule has 1 fully saturated rings. The number of nitrogens with one attached hydrogen (secondary N) is 1. The molecule has 1 aliphatic rings. The van der Waals surface area contributed by atoms with Crippen LogP contribution in [0.3, 0.4) is 0 Å². The minimum absolute atomic E-state index is 0.0746. The summed E-state index contributed by atoms with van der Waals surface area (Å²) in [7, 11) is -2.87. The molecular weight excluding hydrogens is 209 g/mol. The summed E-state index contributed by atoms with van der Waals surface area (Å²) in [4.78, 5) is 7.09. The fourth-order valence-corrected chi connectivity index (χ4v) is 2.56. The molecule has 0 bridgehead atoms. The van der Waals surface area contributed by atoms with E-state index in [2.05, 4.69) is 15.3 Å². The second-order valence-corrected chi connectivity index (χ2v) is 5.30. The van der Waals surface area contributed by atoms with E-state index in [9.17, 15) is 12.8 Å². The van der Waals surface area contributed by atoms with E-state index in [0.717, 1.165) is 6.20 Å². The second kappa shape index (κ2) is 3.16. The molecule has 0 radical (unpaired) electrons. The molecule has 0 amide bonds. The number of sulfone groups is 1. The first-order chi connectivity index (χ1) is 6.55. The van der Waals surface area contributed by atoms with Gasteiger partial charge in [0, 0.05) is 0 Å². The van der Waals surface area contributed by atoms with E-state index in [-0.39, 0.29) is 23.4 Å². The Morgan fingerprint density at radius 2 is 2.14 bits per heavy atom. The van der Waals surface area contributed by atoms with Gasteiger partial charge in [-0.2, -0.15) is 9.37 Å². The zero-order valence-electron chi connectivity index (χ0n) is 7.14. The number of nitrogens with zero attached hydrogens (tertiary/aromatic N) is 2. The average molecular weight is 217 g/mol. The lowest BCUT2D eigenvalue weighted by molar-refractivity contribution is 0.566. The van der Waals surface area contributed by atoms with Crippen molar-refractivity contribution in [3.05, 3.63) is 18.3 Å². The van der Waals surface area contributed by atoms with Crippen molar-refractivity contribution in [1.29, 1.82) is 0 Å². The Hall–Kier alpha value is -1.24. The first-order valence-electron chi connectivity index (χ1n) is 4.00. The van der Waals surface area contributed by atoms with Crippen LogP contribution in [0.2, 0.25) is 0 Å². The van der Waals surface area contributed by atoms with Crippen molar-refractivity contribution in [3.63, 3.8) is 0 Å². The molecule has 1 saturated heterocycles. The molecule has 1 N–H and O–H groups in total. The smallest absolute Gasteiger partial charge is 0.233 e. The van der Waals surface area contributed by atoms with Gasteiger partial charge in [0.25, 0.3) is 0 Å². The molecule has 5 nitrogen and oxygen atoms in total. The van der Waals surface area contributed by atoms with Gasteiger partial charge in [-0.15, -0.1) is 0 Å². The molecule has 0 unspecified atom stereocenters. The van der Waals surface area contributed by atoms with E-state index in [1.165, 1.54) is 6.20 Å². The van der Waals surface area contributed by atoms with Crippen molar-refractivity contribution in [2.45, 2.75) is 6.04 Å². The Bertz CT molecular complexity index is 436. The Kier molecular flexibility index (Phi) is 2.10. The lowest BCUT2D eigenvalue weighted by Crippen LogP contribution is -2.46. The summed E-state index contributed by atoms with van der Waals surface area (Å²) in [5.74, 6) is -0.266. The van der Waals surface area contributed by atoms with Gasteiger partial charge >= 0.3 is 0 Å². The lowest BCUT2D eigenvalue weighted by atomic mass is 10.4. The number of rotatable bonds is 2. The monoisotopic (exact) mass is 217 g/mol. The van der Waals surface area contributed by atoms with Crippen LogP contribution >= 0.6 is 0 Å². The molecule has 14 heavy (non-hydrogen) atoms. The first-order valence-corrected chi connectivity index (χ1v) is 5.82. The van der Waals surface area contributed by atoms with Crippen LogP contribution in [0.5, 0.6) is 0 Å². The molecule has 1 aliphatic heterocycles. The van der Waals surface area contributed by atoms with Gasteiger partial charge in [0.2, 0.25) is 5.95 Å². The molecule has 2 rings (SSSR count). The molecule has 2 heterocycles. The van der Waals surface area contributed by atoms with Gasteiger partial charge in [-0.3, -0.25) is 4.98 Å². The minimum Gasteiger partial charge on any atom is -0.364 e. The highest BCUT2D eigenvalue weighted by atomic mass is 32.2. The molecule has 76 valence electrons. The van der Waals surface area contributed by atoms with Crippen LogP contribution in [0.25, 0.3) is 0 Å². The largest absolute Gasteiger partial charge is 0.364 e. The number of halogens is 1. The predicted molar refractivity (Wildman–Crippen MR) is 48.1 cm³/mol. The molecule has 1 aromatic rings. The molecular formula is C7H8FN3O2S. The van der Waals surface area contributed by atoms with Gasteiger partial charge < -0.3 is 5.32 Å². The second-order valence-electron chi connectivity index (χ2n) is 3.15. The topological polar surface area (TPSA) is 72.0 Å². The number of anilines is 1. The van der Waals surface area contributed by atoms with Gasteiger partial charge in [0.1, 0.15) is 5.82 Å². The number of hydrogen-bond donors (Lipinski definition) is 1. The number of hydrogen-bond acceptors (Lipinski definition) is 5. The summed E-state index contributed by atoms with van der Waals surface area (Å²) in [6, 6.07) is -0.170. The van der Waals surface area contributed by atoms with E-state index < -0.39 is 15.8 Å². The summed E-state index contributed by atoms with van der Waals surface area (Å²) >= 11 is 0. The zero-order chi connectivity index (χ0) is 10.2. The maximum Gasteiger partial charge on any atom is 0.233 e. The Morgan fingerprint density at radius 1 is 1.43 bits per heavy atom. The van der Waals surface area contributed by atoms with Crippen LogP contribution in [-0.2, 0) is 9.84 Å². The Morgan fingerprint density at radius 3 is 2.71 bits per heavy atom. The first kappa shape index (κ1) is 9.32. The molecule has 0 saturated carbocycles. The van der Waals surface area contributed by atoms with Crippen molar-refractivity contribution < 1.29 is 12.8 Å². The summed E-state index contributed by atoms with van der Waals surface area (Å²) in [6.45, 7) is 0. The Labute approximate surface area is 80.3 Å². The zero-order valence-corrected chi connectivity index (χ0v) is 7.96. The van der Waals surface area contributed by atoms with Gasteiger partial charge in [-0.1, -0.05) is 0 Å². The highest BCUT2D eigenvalue weighted by Crippen LogP contribution is 2.14. The third-order valence-electron chi connectivity index (χ3n) is 1.87. The lowest BCUT2D eigenvalue weighted by Gasteiger charge is -2.26. The van der Waals surface area contributed by atoms with Crippen LogP contribution in [0.4, 0.5) is 10.2 Å². The SMILES string of the molecule is O=S1(=O)CC(Nc2cncc(F)n2)C1. The van der Waals surface area contributed by atoms with Crippen molar-refractivity contribution in [2.24, 2.45) is 0 Å². The van der Waals surface area contributed by atoms with Crippen molar-refractivity contribution in [1.82, 2.24) is 9.97 Å². The van der Waals surface area contributed by atoms with E-state index in [1.807, 2.05) is 0 Å². The molecule has 0 atom stereocenters. The standard InChI is InChI=1S/C7H8FN3O2S/c8-6-1-9-2-7(11-6)10-5-3-14(12,13)4-5/h1-2,5H,3-4H2,(H,10,11). The van der Waals surface area contributed by atoms with Gasteiger partial charge in [-0.25, -0.2) is 8.42 Å². The molecule has 0 spiro atoms. The van der Waals surface area contributed by atoms with Crippen molar-refractivity contribution >= 4 is 15.7 Å². The molecule has 7 heteroatoms. The summed E-state index contributed by atoms with van der Waals surface area (Å²) in [6.07, 6.45) is 2.34. The van der Waals surface area contributed by atoms with Crippen LogP contribution in [0.15, 0.2) is 12.4 Å². The third kappa shape index (κ3) is 1.98. The summed E-state index contributed by atoms with van der Waals surface area (Å²) in [5.41, 5.74) is 0. The highest BCUT2D eigenvalue weighted by molar-refractivity contribution is 7.92. The normalized spacial score (nSPS) is 20.1. The maximum absolute atomic E-state index is 12.6. The Balaban J connectivity index is 2.00. The van der Waals surface area contributed by atoms with Crippen molar-refractivity contribution in [2.75, 3.05) is 16.8 Å².